The van der Waals surface area contributed by atoms with E-state index in [0.717, 1.165) is 25.5 Å². The van der Waals surface area contributed by atoms with Gasteiger partial charge in [0.05, 0.1) is 6.54 Å². The van der Waals surface area contributed by atoms with E-state index in [4.69, 9.17) is 0 Å². The van der Waals surface area contributed by atoms with Crippen LogP contribution in [-0.4, -0.2) is 14.8 Å². The Hall–Kier alpha value is -1.68. The van der Waals surface area contributed by atoms with Crippen LogP contribution in [0.2, 0.25) is 0 Å². The number of aromatic nitrogens is 3. The van der Waals surface area contributed by atoms with E-state index in [9.17, 15) is 0 Å². The van der Waals surface area contributed by atoms with Gasteiger partial charge in [-0.15, -0.1) is 10.2 Å². The van der Waals surface area contributed by atoms with Crippen molar-refractivity contribution < 1.29 is 0 Å². The molecule has 1 aliphatic carbocycles. The van der Waals surface area contributed by atoms with E-state index in [1.54, 1.807) is 6.33 Å². The van der Waals surface area contributed by atoms with Crippen LogP contribution < -0.4 is 5.32 Å². The molecule has 0 bridgehead atoms. The van der Waals surface area contributed by atoms with Crippen molar-refractivity contribution in [2.75, 3.05) is 0 Å². The van der Waals surface area contributed by atoms with E-state index in [1.165, 1.54) is 36.0 Å². The Morgan fingerprint density at radius 2 is 2.11 bits per heavy atom. The molecule has 0 fully saturated rings. The van der Waals surface area contributed by atoms with Gasteiger partial charge in [-0.2, -0.15) is 0 Å². The van der Waals surface area contributed by atoms with Crippen LogP contribution in [0.25, 0.3) is 0 Å². The van der Waals surface area contributed by atoms with Gasteiger partial charge in [0.1, 0.15) is 12.2 Å². The highest BCUT2D eigenvalue weighted by atomic mass is 15.3. The third kappa shape index (κ3) is 2.68. The Balaban J connectivity index is 1.58. The fourth-order valence-electron chi connectivity index (χ4n) is 2.73. The summed E-state index contributed by atoms with van der Waals surface area (Å²) in [6.45, 7) is 4.69. The number of hydrogen-bond acceptors (Lipinski definition) is 3. The first-order valence-electron chi connectivity index (χ1n) is 7.05. The summed E-state index contributed by atoms with van der Waals surface area (Å²) in [6, 6.07) is 6.87. The van der Waals surface area contributed by atoms with Gasteiger partial charge in [-0.25, -0.2) is 0 Å². The summed E-state index contributed by atoms with van der Waals surface area (Å²) in [4.78, 5) is 0. The lowest BCUT2D eigenvalue weighted by atomic mass is 10.1. The number of hydrogen-bond donors (Lipinski definition) is 1. The predicted octanol–water partition coefficient (Wildman–Crippen LogP) is 2.08. The molecule has 0 radical (unpaired) electrons. The quantitative estimate of drug-likeness (QED) is 0.890. The molecule has 19 heavy (non-hydrogen) atoms. The van der Waals surface area contributed by atoms with Crippen molar-refractivity contribution in [1.82, 2.24) is 20.1 Å². The molecule has 2 aromatic rings. The average Bonchev–Trinajstić information content (AvgIpc) is 3.06. The fraction of sp³-hybridized carbons (Fsp3) is 0.467. The molecular weight excluding hydrogens is 236 g/mol. The first-order valence-corrected chi connectivity index (χ1v) is 7.05. The van der Waals surface area contributed by atoms with Gasteiger partial charge in [-0.3, -0.25) is 0 Å². The van der Waals surface area contributed by atoms with Crippen molar-refractivity contribution in [2.24, 2.45) is 0 Å². The Kier molecular flexibility index (Phi) is 3.60. The molecular formula is C15H20N4. The third-order valence-corrected chi connectivity index (χ3v) is 3.81. The maximum Gasteiger partial charge on any atom is 0.146 e. The minimum atomic E-state index is 0.769. The summed E-state index contributed by atoms with van der Waals surface area (Å²) < 4.78 is 2.07. The smallest absolute Gasteiger partial charge is 0.146 e. The molecule has 1 N–H and O–H groups in total. The topological polar surface area (TPSA) is 42.7 Å². The Morgan fingerprint density at radius 3 is 3.00 bits per heavy atom. The monoisotopic (exact) mass is 256 g/mol. The normalized spacial score (nSPS) is 13.7. The first kappa shape index (κ1) is 12.4. The molecule has 0 unspecified atom stereocenters. The molecule has 0 saturated heterocycles. The summed E-state index contributed by atoms with van der Waals surface area (Å²) in [7, 11) is 0. The summed E-state index contributed by atoms with van der Waals surface area (Å²) in [5, 5.41) is 11.5. The van der Waals surface area contributed by atoms with Gasteiger partial charge in [0.15, 0.2) is 0 Å². The van der Waals surface area contributed by atoms with Gasteiger partial charge in [-0.05, 0) is 42.9 Å². The first-order chi connectivity index (χ1) is 9.36. The fourth-order valence-corrected chi connectivity index (χ4v) is 2.73. The van der Waals surface area contributed by atoms with Crippen LogP contribution in [0.3, 0.4) is 0 Å². The van der Waals surface area contributed by atoms with Gasteiger partial charge in [-0.1, -0.05) is 18.2 Å². The highest BCUT2D eigenvalue weighted by Gasteiger charge is 2.10. The van der Waals surface area contributed by atoms with Gasteiger partial charge in [0.2, 0.25) is 0 Å². The summed E-state index contributed by atoms with van der Waals surface area (Å²) in [5.74, 6) is 1.00. The van der Waals surface area contributed by atoms with Crippen LogP contribution in [0.1, 0.15) is 35.9 Å². The number of nitrogens with zero attached hydrogens (tertiary/aromatic N) is 3. The molecule has 1 heterocycles. The molecule has 0 saturated carbocycles. The standard InChI is InChI=1S/C15H20N4/c1-2-19-11-17-18-15(19)10-16-9-12-6-7-13-4-3-5-14(13)8-12/h6-8,11,16H,2-5,9-10H2,1H3. The zero-order valence-corrected chi connectivity index (χ0v) is 11.4. The van der Waals surface area contributed by atoms with Crippen molar-refractivity contribution in [2.45, 2.75) is 45.8 Å². The second kappa shape index (κ2) is 5.53. The van der Waals surface area contributed by atoms with Crippen LogP contribution in [0, 0.1) is 0 Å². The number of benzene rings is 1. The SMILES string of the molecule is CCn1cnnc1CNCc1ccc2c(c1)CCC2. The van der Waals surface area contributed by atoms with Crippen LogP contribution in [0.15, 0.2) is 24.5 Å². The van der Waals surface area contributed by atoms with Crippen LogP contribution in [0.5, 0.6) is 0 Å². The zero-order chi connectivity index (χ0) is 13.1. The van der Waals surface area contributed by atoms with E-state index in [0.29, 0.717) is 0 Å². The lowest BCUT2D eigenvalue weighted by Gasteiger charge is -2.07. The largest absolute Gasteiger partial charge is 0.317 e. The summed E-state index contributed by atoms with van der Waals surface area (Å²) >= 11 is 0. The van der Waals surface area contributed by atoms with Crippen LogP contribution in [-0.2, 0) is 32.5 Å². The average molecular weight is 256 g/mol. The molecule has 0 amide bonds. The van der Waals surface area contributed by atoms with Crippen molar-refractivity contribution in [3.8, 4) is 0 Å². The van der Waals surface area contributed by atoms with Crippen molar-refractivity contribution >= 4 is 0 Å². The molecule has 1 aromatic carbocycles. The van der Waals surface area contributed by atoms with E-state index >= 15 is 0 Å². The minimum absolute atomic E-state index is 0.769. The zero-order valence-electron chi connectivity index (χ0n) is 11.4. The van der Waals surface area contributed by atoms with E-state index < -0.39 is 0 Å². The predicted molar refractivity (Wildman–Crippen MR) is 74.7 cm³/mol. The molecule has 0 atom stereocenters. The van der Waals surface area contributed by atoms with Gasteiger partial charge in [0, 0.05) is 13.1 Å². The lowest BCUT2D eigenvalue weighted by Crippen LogP contribution is -2.16. The number of fused-ring (bicyclic) bond motifs is 1. The minimum Gasteiger partial charge on any atom is -0.317 e. The molecule has 4 heteroatoms. The molecule has 0 spiro atoms. The molecule has 3 rings (SSSR count). The molecule has 1 aromatic heterocycles. The third-order valence-electron chi connectivity index (χ3n) is 3.81. The highest BCUT2D eigenvalue weighted by molar-refractivity contribution is 5.35. The number of rotatable bonds is 5. The summed E-state index contributed by atoms with van der Waals surface area (Å²) in [5.41, 5.74) is 4.44. The highest BCUT2D eigenvalue weighted by Crippen LogP contribution is 2.22. The maximum atomic E-state index is 4.13. The maximum absolute atomic E-state index is 4.13. The Labute approximate surface area is 113 Å². The lowest BCUT2D eigenvalue weighted by molar-refractivity contribution is 0.612. The number of nitrogens with one attached hydrogen (secondary N) is 1. The second-order valence-electron chi connectivity index (χ2n) is 5.09. The van der Waals surface area contributed by atoms with Crippen molar-refractivity contribution in [3.63, 3.8) is 0 Å². The van der Waals surface area contributed by atoms with Crippen LogP contribution in [0.4, 0.5) is 0 Å². The van der Waals surface area contributed by atoms with E-state index in [2.05, 4.69) is 45.2 Å². The van der Waals surface area contributed by atoms with Crippen molar-refractivity contribution in [1.29, 1.82) is 0 Å². The molecule has 1 aliphatic rings. The molecule has 0 aliphatic heterocycles. The molecule has 4 nitrogen and oxygen atoms in total. The van der Waals surface area contributed by atoms with E-state index in [1.807, 2.05) is 0 Å². The van der Waals surface area contributed by atoms with Gasteiger partial charge in [0.25, 0.3) is 0 Å². The van der Waals surface area contributed by atoms with Crippen molar-refractivity contribution in [3.05, 3.63) is 47.0 Å². The molecule has 100 valence electrons. The Bertz CT molecular complexity index is 559. The number of aryl methyl sites for hydroxylation is 3. The van der Waals surface area contributed by atoms with Gasteiger partial charge < -0.3 is 9.88 Å². The van der Waals surface area contributed by atoms with Crippen LogP contribution >= 0.6 is 0 Å². The van der Waals surface area contributed by atoms with E-state index in [-0.39, 0.29) is 0 Å². The van der Waals surface area contributed by atoms with Gasteiger partial charge >= 0.3 is 0 Å². The second-order valence-corrected chi connectivity index (χ2v) is 5.09. The Morgan fingerprint density at radius 1 is 1.21 bits per heavy atom. The summed E-state index contributed by atoms with van der Waals surface area (Å²) in [6.07, 6.45) is 5.59.